The van der Waals surface area contributed by atoms with Gasteiger partial charge in [-0.3, -0.25) is 0 Å². The van der Waals surface area contributed by atoms with E-state index < -0.39 is 7.25 Å². The molecule has 0 spiro atoms. The Bertz CT molecular complexity index is 1910. The lowest BCUT2D eigenvalue weighted by Gasteiger charge is -2.24. The summed E-state index contributed by atoms with van der Waals surface area (Å²) in [6.45, 7) is 9.51. The molecule has 2 aliphatic heterocycles. The summed E-state index contributed by atoms with van der Waals surface area (Å²) < 4.78 is 41.3. The number of allylic oxidation sites excluding steroid dienone is 6. The molecule has 8 heteroatoms. The number of hydrogen-bond donors (Lipinski definition) is 1. The maximum Gasteiger partial charge on any atom is 0.673 e. The molecule has 0 aliphatic carbocycles. The second-order valence-electron chi connectivity index (χ2n) is 13.1. The Hall–Kier alpha value is -4.17. The minimum Gasteiger partial charge on any atom is -0.418 e. The van der Waals surface area contributed by atoms with Crippen LogP contribution >= 0.6 is 0 Å². The van der Waals surface area contributed by atoms with Gasteiger partial charge >= 0.3 is 7.25 Å². The van der Waals surface area contributed by atoms with Crippen molar-refractivity contribution in [1.29, 1.82) is 0 Å². The molecule has 1 N–H and O–H groups in total. The number of nitrogens with zero attached hydrogens (tertiary/aromatic N) is 2. The fourth-order valence-electron chi connectivity index (χ4n) is 7.26. The summed E-state index contributed by atoms with van der Waals surface area (Å²) in [4.78, 5) is 2.34. The van der Waals surface area contributed by atoms with Crippen LogP contribution in [0.25, 0.3) is 21.5 Å². The van der Waals surface area contributed by atoms with Gasteiger partial charge in [0.05, 0.1) is 5.41 Å². The first-order chi connectivity index (χ1) is 21.7. The molecule has 3 nitrogen and oxygen atoms in total. The lowest BCUT2D eigenvalue weighted by Crippen LogP contribution is -2.26. The Morgan fingerprint density at radius 1 is 0.826 bits per heavy atom. The zero-order valence-corrected chi connectivity index (χ0v) is 27.3. The summed E-state index contributed by atoms with van der Waals surface area (Å²) in [5.74, 6) is 0. The summed E-state index contributed by atoms with van der Waals surface area (Å²) in [5, 5.41) is 14.9. The Morgan fingerprint density at radius 2 is 1.39 bits per heavy atom. The SMILES string of the molecule is CN1/C(=C/C=C(/C=C/C2=[N+](C)c3ccc4ccccc4c3C2(C)C)CCCO)C(C)(C)c2c1ccc1ccccc21.F[B-](F)(F)F. The maximum absolute atomic E-state index is 9.75. The van der Waals surface area contributed by atoms with Crippen molar-refractivity contribution in [3.8, 4) is 0 Å². The normalized spacial score (nSPS) is 18.0. The van der Waals surface area contributed by atoms with E-state index in [1.165, 1.54) is 61.0 Å². The first-order valence-corrected chi connectivity index (χ1v) is 15.6. The van der Waals surface area contributed by atoms with E-state index in [2.05, 4.69) is 148 Å². The van der Waals surface area contributed by atoms with Gasteiger partial charge in [-0.25, -0.2) is 0 Å². The highest BCUT2D eigenvalue weighted by atomic mass is 19.5. The van der Waals surface area contributed by atoms with Gasteiger partial charge in [0, 0.05) is 48.2 Å². The highest BCUT2D eigenvalue weighted by Gasteiger charge is 2.44. The van der Waals surface area contributed by atoms with Gasteiger partial charge in [0.1, 0.15) is 7.05 Å². The van der Waals surface area contributed by atoms with E-state index in [1.54, 1.807) is 0 Å². The van der Waals surface area contributed by atoms with Gasteiger partial charge in [0.15, 0.2) is 5.71 Å². The average Bonchev–Trinajstić information content (AvgIpc) is 3.32. The molecule has 2 heterocycles. The summed E-state index contributed by atoms with van der Waals surface area (Å²) >= 11 is 0. The van der Waals surface area contributed by atoms with Crippen LogP contribution in [-0.2, 0) is 10.8 Å². The van der Waals surface area contributed by atoms with Crippen molar-refractivity contribution < 1.29 is 26.9 Å². The molecule has 240 valence electrons. The fourth-order valence-corrected chi connectivity index (χ4v) is 7.26. The molecule has 0 fully saturated rings. The quantitative estimate of drug-likeness (QED) is 0.0996. The second kappa shape index (κ2) is 12.6. The number of aliphatic hydroxyl groups excluding tert-OH is 1. The van der Waals surface area contributed by atoms with Crippen LogP contribution < -0.4 is 4.90 Å². The Morgan fingerprint density at radius 3 is 2.00 bits per heavy atom. The van der Waals surface area contributed by atoms with Crippen molar-refractivity contribution in [2.75, 3.05) is 25.6 Å². The maximum atomic E-state index is 9.75. The molecule has 0 bridgehead atoms. The number of aliphatic hydroxyl groups is 1. The number of benzene rings is 4. The predicted molar refractivity (Wildman–Crippen MR) is 185 cm³/mol. The molecule has 0 atom stereocenters. The van der Waals surface area contributed by atoms with E-state index in [-0.39, 0.29) is 17.4 Å². The lowest BCUT2D eigenvalue weighted by molar-refractivity contribution is -0.401. The Labute approximate surface area is 269 Å². The standard InChI is InChI=1S/C38H41N2O.BF4/c1-37(2)33(39(5)31-21-19-27-13-7-9-15-29(27)35(31)37)23-17-26(12-11-25-41)18-24-34-38(3,4)36-30-16-10-8-14-28(30)20-22-32(36)40(34)6;2-1(3,4)5/h7-10,13-24,41H,11-12,25H2,1-6H3;/q+1;-1. The van der Waals surface area contributed by atoms with E-state index in [0.717, 1.165) is 12.8 Å². The molecule has 6 rings (SSSR count). The van der Waals surface area contributed by atoms with Gasteiger partial charge in [0.2, 0.25) is 5.69 Å². The number of halogens is 4. The summed E-state index contributed by atoms with van der Waals surface area (Å²) in [6.07, 6.45) is 10.7. The van der Waals surface area contributed by atoms with Crippen LogP contribution in [0.4, 0.5) is 28.6 Å². The third-order valence-corrected chi connectivity index (χ3v) is 9.32. The first-order valence-electron chi connectivity index (χ1n) is 15.6. The molecule has 0 amide bonds. The van der Waals surface area contributed by atoms with E-state index in [9.17, 15) is 22.4 Å². The topological polar surface area (TPSA) is 26.5 Å². The minimum absolute atomic E-state index is 0.127. The summed E-state index contributed by atoms with van der Waals surface area (Å²) in [7, 11) is -1.64. The number of fused-ring (bicyclic) bond motifs is 6. The van der Waals surface area contributed by atoms with E-state index in [0.29, 0.717) is 0 Å². The molecule has 0 radical (unpaired) electrons. The summed E-state index contributed by atoms with van der Waals surface area (Å²) in [6, 6.07) is 26.4. The van der Waals surface area contributed by atoms with Gasteiger partial charge in [-0.2, -0.15) is 4.58 Å². The monoisotopic (exact) mass is 628 g/mol. The smallest absolute Gasteiger partial charge is 0.418 e. The highest BCUT2D eigenvalue weighted by molar-refractivity contribution is 6.50. The van der Waals surface area contributed by atoms with Crippen LogP contribution in [0.1, 0.15) is 51.7 Å². The van der Waals surface area contributed by atoms with E-state index in [1.807, 2.05) is 0 Å². The minimum atomic E-state index is -6.00. The van der Waals surface area contributed by atoms with Gasteiger partial charge in [-0.05, 0) is 77.6 Å². The van der Waals surface area contributed by atoms with Crippen LogP contribution in [-0.4, -0.2) is 43.4 Å². The van der Waals surface area contributed by atoms with Crippen LogP contribution in [0.2, 0.25) is 0 Å². The van der Waals surface area contributed by atoms with E-state index >= 15 is 0 Å². The van der Waals surface area contributed by atoms with Crippen LogP contribution in [0.5, 0.6) is 0 Å². The molecule has 0 aromatic heterocycles. The third-order valence-electron chi connectivity index (χ3n) is 9.32. The molecule has 4 aromatic carbocycles. The van der Waals surface area contributed by atoms with Crippen LogP contribution in [0, 0.1) is 0 Å². The second-order valence-corrected chi connectivity index (χ2v) is 13.1. The fraction of sp³-hybridized carbons (Fsp3) is 0.289. The number of anilines is 1. The largest absolute Gasteiger partial charge is 0.673 e. The van der Waals surface area contributed by atoms with Crippen molar-refractivity contribution in [2.24, 2.45) is 0 Å². The van der Waals surface area contributed by atoms with Crippen molar-refractivity contribution in [3.63, 3.8) is 0 Å². The molecule has 0 saturated carbocycles. The van der Waals surface area contributed by atoms with Gasteiger partial charge in [0.25, 0.3) is 0 Å². The predicted octanol–water partition coefficient (Wildman–Crippen LogP) is 9.87. The van der Waals surface area contributed by atoms with E-state index in [4.69, 9.17) is 0 Å². The van der Waals surface area contributed by atoms with Gasteiger partial charge in [-0.15, -0.1) is 0 Å². The molecule has 46 heavy (non-hydrogen) atoms. The van der Waals surface area contributed by atoms with Crippen molar-refractivity contribution in [2.45, 2.75) is 51.4 Å². The summed E-state index contributed by atoms with van der Waals surface area (Å²) in [5.41, 5.74) is 8.85. The van der Waals surface area contributed by atoms with Gasteiger partial charge in [-0.1, -0.05) is 80.6 Å². The highest BCUT2D eigenvalue weighted by Crippen LogP contribution is 2.50. The molecule has 2 aliphatic rings. The zero-order valence-electron chi connectivity index (χ0n) is 27.3. The van der Waals surface area contributed by atoms with Crippen LogP contribution in [0.15, 0.2) is 108 Å². The third kappa shape index (κ3) is 6.28. The number of hydrogen-bond acceptors (Lipinski definition) is 2. The van der Waals surface area contributed by atoms with Crippen molar-refractivity contribution >= 4 is 45.9 Å². The van der Waals surface area contributed by atoms with Gasteiger partial charge < -0.3 is 27.3 Å². The molecular formula is C38H41BF4N2O. The first kappa shape index (κ1) is 33.2. The molecular weight excluding hydrogens is 587 g/mol. The molecule has 0 saturated heterocycles. The lowest BCUT2D eigenvalue weighted by atomic mass is 9.79. The van der Waals surface area contributed by atoms with Crippen molar-refractivity contribution in [3.05, 3.63) is 119 Å². The van der Waals surface area contributed by atoms with Crippen molar-refractivity contribution in [1.82, 2.24) is 0 Å². The molecule has 0 unspecified atom stereocenters. The zero-order chi connectivity index (χ0) is 33.4. The Kier molecular flexibility index (Phi) is 9.06. The average molecular weight is 629 g/mol. The molecule has 4 aromatic rings. The number of likely N-dealkylation sites (N-methyl/N-ethyl adjacent to an activating group) is 1. The number of rotatable bonds is 6. The van der Waals surface area contributed by atoms with Crippen LogP contribution in [0.3, 0.4) is 0 Å². The Balaban J connectivity index is 0.000000775.